The fourth-order valence-electron chi connectivity index (χ4n) is 2.72. The van der Waals surface area contributed by atoms with Crippen molar-refractivity contribution in [3.05, 3.63) is 64.7 Å². The largest absolute Gasteiger partial charge is 0.508 e. The summed E-state index contributed by atoms with van der Waals surface area (Å²) in [5.41, 5.74) is 2.59. The fraction of sp³-hybridized carbons (Fsp3) is 0.250. The first-order valence-corrected chi connectivity index (χ1v) is 6.80. The standard InChI is InChI=1S/C16H16ClNO/c17-14-6-4-13(5-7-14)16(10-18-11-16)9-12-2-1-3-15(19)8-12/h1-8,18-19H,9-11H2. The van der Waals surface area contributed by atoms with Crippen LogP contribution in [0, 0.1) is 0 Å². The number of rotatable bonds is 3. The lowest BCUT2D eigenvalue weighted by Gasteiger charge is -2.43. The molecule has 0 unspecified atom stereocenters. The van der Waals surface area contributed by atoms with E-state index in [9.17, 15) is 5.11 Å². The van der Waals surface area contributed by atoms with E-state index in [1.54, 1.807) is 6.07 Å². The molecule has 2 nitrogen and oxygen atoms in total. The molecule has 98 valence electrons. The lowest BCUT2D eigenvalue weighted by Crippen LogP contribution is -2.58. The molecule has 1 aliphatic rings. The molecular formula is C16H16ClNO. The molecule has 19 heavy (non-hydrogen) atoms. The van der Waals surface area contributed by atoms with Gasteiger partial charge in [-0.2, -0.15) is 0 Å². The first-order valence-electron chi connectivity index (χ1n) is 6.43. The van der Waals surface area contributed by atoms with E-state index in [4.69, 9.17) is 11.6 Å². The van der Waals surface area contributed by atoms with Crippen LogP contribution in [0.4, 0.5) is 0 Å². The summed E-state index contributed by atoms with van der Waals surface area (Å²) in [6, 6.07) is 15.6. The second-order valence-corrected chi connectivity index (χ2v) is 5.67. The predicted octanol–water partition coefficient (Wildman–Crippen LogP) is 3.13. The summed E-state index contributed by atoms with van der Waals surface area (Å²) in [5, 5.41) is 13.7. The first-order chi connectivity index (χ1) is 9.18. The van der Waals surface area contributed by atoms with Crippen LogP contribution in [-0.2, 0) is 11.8 Å². The number of phenolic OH excluding ortho intramolecular Hbond substituents is 1. The Balaban J connectivity index is 1.89. The Hall–Kier alpha value is -1.51. The van der Waals surface area contributed by atoms with Gasteiger partial charge in [0, 0.05) is 23.5 Å². The second-order valence-electron chi connectivity index (χ2n) is 5.24. The Morgan fingerprint density at radius 1 is 1.11 bits per heavy atom. The summed E-state index contributed by atoms with van der Waals surface area (Å²) in [7, 11) is 0. The van der Waals surface area contributed by atoms with Crippen LogP contribution >= 0.6 is 11.6 Å². The number of phenols is 1. The van der Waals surface area contributed by atoms with Crippen molar-refractivity contribution in [3.8, 4) is 5.75 Å². The van der Waals surface area contributed by atoms with Crippen LogP contribution in [-0.4, -0.2) is 18.2 Å². The second kappa shape index (κ2) is 4.87. The lowest BCUT2D eigenvalue weighted by molar-refractivity contribution is 0.274. The number of halogens is 1. The average Bonchev–Trinajstić information content (AvgIpc) is 2.35. The number of hydrogen-bond donors (Lipinski definition) is 2. The maximum absolute atomic E-state index is 9.57. The summed E-state index contributed by atoms with van der Waals surface area (Å²) in [6.45, 7) is 1.93. The third-order valence-electron chi connectivity index (χ3n) is 3.84. The zero-order valence-electron chi connectivity index (χ0n) is 10.6. The Labute approximate surface area is 118 Å². The zero-order valence-corrected chi connectivity index (χ0v) is 11.3. The minimum atomic E-state index is 0.123. The van der Waals surface area contributed by atoms with E-state index < -0.39 is 0 Å². The van der Waals surface area contributed by atoms with Crippen LogP contribution in [0.1, 0.15) is 11.1 Å². The molecule has 1 saturated heterocycles. The zero-order chi connectivity index (χ0) is 13.3. The van der Waals surface area contributed by atoms with Gasteiger partial charge in [-0.3, -0.25) is 0 Å². The lowest BCUT2D eigenvalue weighted by atomic mass is 9.71. The molecule has 0 atom stereocenters. The van der Waals surface area contributed by atoms with Crippen LogP contribution in [0.3, 0.4) is 0 Å². The van der Waals surface area contributed by atoms with Crippen molar-refractivity contribution in [1.29, 1.82) is 0 Å². The third kappa shape index (κ3) is 2.46. The Morgan fingerprint density at radius 3 is 2.42 bits per heavy atom. The van der Waals surface area contributed by atoms with Crippen molar-refractivity contribution in [1.82, 2.24) is 5.32 Å². The van der Waals surface area contributed by atoms with Crippen molar-refractivity contribution < 1.29 is 5.11 Å². The predicted molar refractivity (Wildman–Crippen MR) is 77.8 cm³/mol. The fourth-order valence-corrected chi connectivity index (χ4v) is 2.84. The summed E-state index contributed by atoms with van der Waals surface area (Å²) in [5.74, 6) is 0.330. The van der Waals surface area contributed by atoms with Crippen LogP contribution in [0.15, 0.2) is 48.5 Å². The monoisotopic (exact) mass is 273 g/mol. The average molecular weight is 274 g/mol. The number of nitrogens with one attached hydrogen (secondary N) is 1. The van der Waals surface area contributed by atoms with E-state index in [0.717, 1.165) is 30.1 Å². The molecule has 2 aromatic rings. The van der Waals surface area contributed by atoms with Gasteiger partial charge < -0.3 is 10.4 Å². The van der Waals surface area contributed by atoms with E-state index in [1.807, 2.05) is 24.3 Å². The van der Waals surface area contributed by atoms with Gasteiger partial charge in [-0.1, -0.05) is 35.9 Å². The Kier molecular flexibility index (Phi) is 3.21. The summed E-state index contributed by atoms with van der Waals surface area (Å²) < 4.78 is 0. The summed E-state index contributed by atoms with van der Waals surface area (Å²) in [6.07, 6.45) is 0.927. The maximum atomic E-state index is 9.57. The minimum Gasteiger partial charge on any atom is -0.508 e. The molecule has 0 spiro atoms. The Morgan fingerprint density at radius 2 is 1.84 bits per heavy atom. The Bertz CT molecular complexity index is 576. The van der Waals surface area contributed by atoms with E-state index in [2.05, 4.69) is 23.5 Å². The van der Waals surface area contributed by atoms with Gasteiger partial charge in [0.15, 0.2) is 0 Å². The highest BCUT2D eigenvalue weighted by Crippen LogP contribution is 2.33. The SMILES string of the molecule is Oc1cccc(CC2(c3ccc(Cl)cc3)CNC2)c1. The van der Waals surface area contributed by atoms with Gasteiger partial charge in [0.25, 0.3) is 0 Å². The van der Waals surface area contributed by atoms with Gasteiger partial charge in [-0.25, -0.2) is 0 Å². The van der Waals surface area contributed by atoms with Crippen molar-refractivity contribution in [2.24, 2.45) is 0 Å². The molecule has 0 radical (unpaired) electrons. The van der Waals surface area contributed by atoms with E-state index >= 15 is 0 Å². The van der Waals surface area contributed by atoms with E-state index in [1.165, 1.54) is 5.56 Å². The van der Waals surface area contributed by atoms with Crippen LogP contribution < -0.4 is 5.32 Å². The molecule has 0 bridgehead atoms. The molecule has 3 heteroatoms. The highest BCUT2D eigenvalue weighted by atomic mass is 35.5. The molecule has 0 aliphatic carbocycles. The van der Waals surface area contributed by atoms with E-state index in [0.29, 0.717) is 5.75 Å². The van der Waals surface area contributed by atoms with Crippen molar-refractivity contribution in [2.75, 3.05) is 13.1 Å². The van der Waals surface area contributed by atoms with Crippen LogP contribution in [0.25, 0.3) is 0 Å². The number of benzene rings is 2. The summed E-state index contributed by atoms with van der Waals surface area (Å²) in [4.78, 5) is 0. The highest BCUT2D eigenvalue weighted by Gasteiger charge is 2.38. The first kappa shape index (κ1) is 12.5. The van der Waals surface area contributed by atoms with Gasteiger partial charge in [0.1, 0.15) is 5.75 Å². The molecule has 0 saturated carbocycles. The number of hydrogen-bond acceptors (Lipinski definition) is 2. The van der Waals surface area contributed by atoms with Crippen molar-refractivity contribution >= 4 is 11.6 Å². The van der Waals surface area contributed by atoms with Gasteiger partial charge in [-0.05, 0) is 41.8 Å². The van der Waals surface area contributed by atoms with Gasteiger partial charge >= 0.3 is 0 Å². The smallest absolute Gasteiger partial charge is 0.115 e. The van der Waals surface area contributed by atoms with E-state index in [-0.39, 0.29) is 5.41 Å². The van der Waals surface area contributed by atoms with Gasteiger partial charge in [0.2, 0.25) is 0 Å². The maximum Gasteiger partial charge on any atom is 0.115 e. The number of aromatic hydroxyl groups is 1. The van der Waals surface area contributed by atoms with Gasteiger partial charge in [-0.15, -0.1) is 0 Å². The normalized spacial score (nSPS) is 16.9. The van der Waals surface area contributed by atoms with Crippen LogP contribution in [0.5, 0.6) is 5.75 Å². The molecule has 3 rings (SSSR count). The topological polar surface area (TPSA) is 32.3 Å². The minimum absolute atomic E-state index is 0.123. The van der Waals surface area contributed by atoms with Gasteiger partial charge in [0.05, 0.1) is 0 Å². The molecule has 1 heterocycles. The van der Waals surface area contributed by atoms with Crippen molar-refractivity contribution in [3.63, 3.8) is 0 Å². The molecule has 2 N–H and O–H groups in total. The summed E-state index contributed by atoms with van der Waals surface area (Å²) >= 11 is 5.96. The molecule has 0 aromatic heterocycles. The molecule has 2 aromatic carbocycles. The quantitative estimate of drug-likeness (QED) is 0.901. The molecular weight excluding hydrogens is 258 g/mol. The third-order valence-corrected chi connectivity index (χ3v) is 4.09. The van der Waals surface area contributed by atoms with Crippen LogP contribution in [0.2, 0.25) is 5.02 Å². The molecule has 0 amide bonds. The van der Waals surface area contributed by atoms with Crippen molar-refractivity contribution in [2.45, 2.75) is 11.8 Å². The highest BCUT2D eigenvalue weighted by molar-refractivity contribution is 6.30. The molecule has 1 aliphatic heterocycles. The molecule has 1 fully saturated rings.